The number of nitrogens with one attached hydrogen (secondary N) is 1. The topological polar surface area (TPSA) is 152 Å². The van der Waals surface area contributed by atoms with E-state index < -0.39 is 30.0 Å². The van der Waals surface area contributed by atoms with E-state index >= 15 is 0 Å². The summed E-state index contributed by atoms with van der Waals surface area (Å²) < 4.78 is 14.2. The summed E-state index contributed by atoms with van der Waals surface area (Å²) >= 11 is 0. The van der Waals surface area contributed by atoms with E-state index in [1.807, 2.05) is 60.0 Å². The summed E-state index contributed by atoms with van der Waals surface area (Å²) in [7, 11) is 2.66. The SMILES string of the molecule is CCCc1nc2c(c(=O)n(CC(=O)OC)c(=O)n2C(C)OC)n1Cc1ccc(-c2ccccc2-c2nn[nH]n2)cc1. The van der Waals surface area contributed by atoms with Gasteiger partial charge in [0.05, 0.1) is 7.11 Å². The minimum absolute atomic E-state index is 0.213. The molecule has 0 aliphatic rings. The molecule has 0 aliphatic heterocycles. The molecule has 0 saturated carbocycles. The summed E-state index contributed by atoms with van der Waals surface area (Å²) in [4.78, 5) is 43.9. The summed E-state index contributed by atoms with van der Waals surface area (Å²) in [6, 6.07) is 15.7. The van der Waals surface area contributed by atoms with E-state index in [0.29, 0.717) is 24.6 Å². The van der Waals surface area contributed by atoms with Crippen LogP contribution in [0.25, 0.3) is 33.7 Å². The zero-order valence-electron chi connectivity index (χ0n) is 23.2. The number of hydrogen-bond donors (Lipinski definition) is 1. The lowest BCUT2D eigenvalue weighted by atomic mass is 9.98. The number of esters is 1. The molecule has 1 unspecified atom stereocenters. The van der Waals surface area contributed by atoms with Crippen LogP contribution in [-0.4, -0.2) is 59.5 Å². The van der Waals surface area contributed by atoms with Gasteiger partial charge in [0.15, 0.2) is 11.2 Å². The third kappa shape index (κ3) is 5.18. The van der Waals surface area contributed by atoms with Crippen molar-refractivity contribution >= 4 is 17.1 Å². The van der Waals surface area contributed by atoms with E-state index in [2.05, 4.69) is 20.6 Å². The van der Waals surface area contributed by atoms with E-state index in [-0.39, 0.29) is 11.2 Å². The summed E-state index contributed by atoms with van der Waals surface area (Å²) in [5, 5.41) is 14.4. The lowest BCUT2D eigenvalue weighted by Gasteiger charge is -2.16. The zero-order chi connectivity index (χ0) is 29.1. The first-order valence-corrected chi connectivity index (χ1v) is 13.1. The van der Waals surface area contributed by atoms with Crippen LogP contribution < -0.4 is 11.2 Å². The van der Waals surface area contributed by atoms with Gasteiger partial charge in [-0.15, -0.1) is 10.2 Å². The third-order valence-electron chi connectivity index (χ3n) is 6.95. The fourth-order valence-electron chi connectivity index (χ4n) is 4.83. The highest BCUT2D eigenvalue weighted by molar-refractivity contribution is 5.80. The normalized spacial score (nSPS) is 12.1. The number of aryl methyl sites for hydroxylation is 1. The molecular formula is C28H30N8O5. The molecule has 3 heterocycles. The maximum atomic E-state index is 13.7. The van der Waals surface area contributed by atoms with Gasteiger partial charge in [0, 0.05) is 25.6 Å². The predicted octanol–water partition coefficient (Wildman–Crippen LogP) is 2.55. The number of carbonyl (C=O) groups excluding carboxylic acids is 1. The molecule has 2 aromatic carbocycles. The van der Waals surface area contributed by atoms with Crippen LogP contribution >= 0.6 is 0 Å². The van der Waals surface area contributed by atoms with Gasteiger partial charge in [-0.05, 0) is 35.2 Å². The number of tetrazole rings is 1. The average Bonchev–Trinajstić information content (AvgIpc) is 3.65. The summed E-state index contributed by atoms with van der Waals surface area (Å²) in [6.07, 6.45) is 0.623. The molecule has 3 aromatic heterocycles. The van der Waals surface area contributed by atoms with Gasteiger partial charge >= 0.3 is 11.7 Å². The van der Waals surface area contributed by atoms with Crippen LogP contribution in [0, 0.1) is 0 Å². The predicted molar refractivity (Wildman–Crippen MR) is 150 cm³/mol. The van der Waals surface area contributed by atoms with Crippen molar-refractivity contribution < 1.29 is 14.3 Å². The molecule has 0 aliphatic carbocycles. The van der Waals surface area contributed by atoms with Crippen LogP contribution in [0.3, 0.4) is 0 Å². The van der Waals surface area contributed by atoms with Gasteiger partial charge in [0.1, 0.15) is 18.6 Å². The molecule has 5 rings (SSSR count). The average molecular weight is 559 g/mol. The number of H-pyrrole nitrogens is 1. The van der Waals surface area contributed by atoms with Crippen LogP contribution in [0.5, 0.6) is 0 Å². The molecule has 13 nitrogen and oxygen atoms in total. The highest BCUT2D eigenvalue weighted by Gasteiger charge is 2.25. The lowest BCUT2D eigenvalue weighted by Crippen LogP contribution is -2.43. The Bertz CT molecular complexity index is 1800. The number of hydrogen-bond acceptors (Lipinski definition) is 9. The van der Waals surface area contributed by atoms with Gasteiger partial charge in [0.25, 0.3) is 5.56 Å². The first kappa shape index (κ1) is 27.6. The first-order valence-electron chi connectivity index (χ1n) is 13.1. The first-order chi connectivity index (χ1) is 19.9. The number of methoxy groups -OCH3 is 2. The number of carbonyl (C=O) groups is 1. The number of aromatic nitrogens is 8. The minimum atomic E-state index is -0.731. The Morgan fingerprint density at radius 1 is 1.02 bits per heavy atom. The molecule has 0 bridgehead atoms. The molecule has 0 saturated heterocycles. The molecule has 0 radical (unpaired) electrons. The van der Waals surface area contributed by atoms with Crippen LogP contribution in [0.2, 0.25) is 0 Å². The number of benzene rings is 2. The molecular weight excluding hydrogens is 528 g/mol. The zero-order valence-corrected chi connectivity index (χ0v) is 23.2. The van der Waals surface area contributed by atoms with Crippen LogP contribution in [0.15, 0.2) is 58.1 Å². The van der Waals surface area contributed by atoms with Gasteiger partial charge in [-0.25, -0.2) is 18.9 Å². The molecule has 1 atom stereocenters. The molecule has 0 amide bonds. The number of imidazole rings is 1. The third-order valence-corrected chi connectivity index (χ3v) is 6.95. The fraction of sp³-hybridized carbons (Fsp3) is 0.321. The second-order valence-corrected chi connectivity index (χ2v) is 9.47. The quantitative estimate of drug-likeness (QED) is 0.255. The van der Waals surface area contributed by atoms with Crippen molar-refractivity contribution in [3.8, 4) is 22.5 Å². The largest absolute Gasteiger partial charge is 0.468 e. The van der Waals surface area contributed by atoms with E-state index in [1.165, 1.54) is 18.8 Å². The second kappa shape index (κ2) is 11.7. The molecule has 13 heteroatoms. The Balaban J connectivity index is 1.62. The van der Waals surface area contributed by atoms with E-state index in [1.54, 1.807) is 6.92 Å². The summed E-state index contributed by atoms with van der Waals surface area (Å²) in [5.74, 6) is 0.438. The van der Waals surface area contributed by atoms with Crippen molar-refractivity contribution in [2.24, 2.45) is 0 Å². The van der Waals surface area contributed by atoms with E-state index in [9.17, 15) is 14.4 Å². The van der Waals surface area contributed by atoms with E-state index in [4.69, 9.17) is 14.5 Å². The monoisotopic (exact) mass is 558 g/mol. The number of aromatic amines is 1. The van der Waals surface area contributed by atoms with Crippen molar-refractivity contribution in [2.75, 3.05) is 14.2 Å². The molecule has 212 valence electrons. The second-order valence-electron chi connectivity index (χ2n) is 9.47. The van der Waals surface area contributed by atoms with Crippen molar-refractivity contribution in [3.05, 3.63) is 80.8 Å². The van der Waals surface area contributed by atoms with Gasteiger partial charge in [-0.1, -0.05) is 55.5 Å². The van der Waals surface area contributed by atoms with Gasteiger partial charge in [-0.2, -0.15) is 5.21 Å². The Morgan fingerprint density at radius 2 is 1.76 bits per heavy atom. The number of ether oxygens (including phenoxy) is 2. The van der Waals surface area contributed by atoms with E-state index in [0.717, 1.165) is 33.2 Å². The van der Waals surface area contributed by atoms with Crippen LogP contribution in [0.1, 0.15) is 37.9 Å². The van der Waals surface area contributed by atoms with Crippen LogP contribution in [-0.2, 0) is 33.8 Å². The molecule has 0 spiro atoms. The van der Waals surface area contributed by atoms with Crippen molar-refractivity contribution in [3.63, 3.8) is 0 Å². The standard InChI is InChI=1S/C28H30N8O5/c1-5-8-22-29-26-24(27(38)35(16-23(37)41-4)28(39)36(26)17(2)40-3)34(22)15-18-11-13-19(14-12-18)20-9-6-7-10-21(20)25-30-32-33-31-25/h6-7,9-14,17H,5,8,15-16H2,1-4H3,(H,30,31,32,33). The molecule has 41 heavy (non-hydrogen) atoms. The fourth-order valence-corrected chi connectivity index (χ4v) is 4.83. The lowest BCUT2D eigenvalue weighted by molar-refractivity contribution is -0.141. The Morgan fingerprint density at radius 3 is 2.39 bits per heavy atom. The molecule has 5 aromatic rings. The molecule has 0 fully saturated rings. The maximum absolute atomic E-state index is 13.7. The van der Waals surface area contributed by atoms with Crippen molar-refractivity contribution in [2.45, 2.75) is 46.0 Å². The smallest absolute Gasteiger partial charge is 0.335 e. The Kier molecular flexibility index (Phi) is 7.88. The molecule has 1 N–H and O–H groups in total. The number of fused-ring (bicyclic) bond motifs is 1. The summed E-state index contributed by atoms with van der Waals surface area (Å²) in [5.41, 5.74) is 2.78. The number of rotatable bonds is 10. The minimum Gasteiger partial charge on any atom is -0.468 e. The maximum Gasteiger partial charge on any atom is 0.335 e. The van der Waals surface area contributed by atoms with Crippen molar-refractivity contribution in [1.29, 1.82) is 0 Å². The Hall–Kier alpha value is -4.91. The van der Waals surface area contributed by atoms with Crippen LogP contribution in [0.4, 0.5) is 0 Å². The van der Waals surface area contributed by atoms with Gasteiger partial charge in [-0.3, -0.25) is 9.59 Å². The number of nitrogens with zero attached hydrogens (tertiary/aromatic N) is 7. The van der Waals surface area contributed by atoms with Crippen molar-refractivity contribution in [1.82, 2.24) is 39.3 Å². The van der Waals surface area contributed by atoms with Gasteiger partial charge in [0.2, 0.25) is 5.82 Å². The Labute approximate surface area is 234 Å². The highest BCUT2D eigenvalue weighted by atomic mass is 16.5. The van der Waals surface area contributed by atoms with Gasteiger partial charge < -0.3 is 14.0 Å². The summed E-state index contributed by atoms with van der Waals surface area (Å²) in [6.45, 7) is 3.49. The highest BCUT2D eigenvalue weighted by Crippen LogP contribution is 2.30.